The van der Waals surface area contributed by atoms with Crippen molar-refractivity contribution in [2.45, 2.75) is 38.8 Å². The first-order valence-electron chi connectivity index (χ1n) is 6.85. The van der Waals surface area contributed by atoms with Crippen LogP contribution in [-0.4, -0.2) is 37.2 Å². The molecule has 1 unspecified atom stereocenters. The van der Waals surface area contributed by atoms with Crippen molar-refractivity contribution in [3.8, 4) is 5.75 Å². The molecule has 0 spiro atoms. The van der Waals surface area contributed by atoms with Gasteiger partial charge in [0, 0.05) is 18.3 Å². The third-order valence-corrected chi connectivity index (χ3v) is 3.22. The standard InChI is InChI=1S/C15H24N2O/c1-12(2)18-15-8-6-13(7-9-15)16-14-5-4-10-17(3)11-14/h6-9,12,14,16H,4-5,10-11H2,1-3H3. The number of nitrogens with zero attached hydrogens (tertiary/aromatic N) is 1. The lowest BCUT2D eigenvalue weighted by molar-refractivity contribution is 0.242. The zero-order valence-electron chi connectivity index (χ0n) is 11.6. The van der Waals surface area contributed by atoms with Gasteiger partial charge in [-0.3, -0.25) is 0 Å². The minimum absolute atomic E-state index is 0.232. The lowest BCUT2D eigenvalue weighted by Gasteiger charge is -2.30. The molecule has 3 heteroatoms. The molecule has 1 N–H and O–H groups in total. The van der Waals surface area contributed by atoms with Crippen molar-refractivity contribution >= 4 is 5.69 Å². The van der Waals surface area contributed by atoms with Crippen molar-refractivity contribution in [1.82, 2.24) is 4.90 Å². The molecule has 0 aliphatic carbocycles. The van der Waals surface area contributed by atoms with Gasteiger partial charge >= 0.3 is 0 Å². The fourth-order valence-electron chi connectivity index (χ4n) is 2.42. The van der Waals surface area contributed by atoms with Crippen LogP contribution in [0.15, 0.2) is 24.3 Å². The second kappa shape index (κ2) is 6.10. The summed E-state index contributed by atoms with van der Waals surface area (Å²) in [7, 11) is 2.19. The first-order valence-corrected chi connectivity index (χ1v) is 6.85. The number of ether oxygens (including phenoxy) is 1. The molecule has 1 fully saturated rings. The number of nitrogens with one attached hydrogen (secondary N) is 1. The highest BCUT2D eigenvalue weighted by molar-refractivity contribution is 5.47. The molecule has 1 aliphatic heterocycles. The zero-order valence-corrected chi connectivity index (χ0v) is 11.6. The topological polar surface area (TPSA) is 24.5 Å². The molecule has 18 heavy (non-hydrogen) atoms. The van der Waals surface area contributed by atoms with E-state index in [-0.39, 0.29) is 6.10 Å². The van der Waals surface area contributed by atoms with Crippen molar-refractivity contribution < 1.29 is 4.74 Å². The molecule has 1 heterocycles. The Morgan fingerprint density at radius 3 is 2.61 bits per heavy atom. The van der Waals surface area contributed by atoms with Gasteiger partial charge < -0.3 is 15.0 Å². The first kappa shape index (κ1) is 13.2. The van der Waals surface area contributed by atoms with Crippen molar-refractivity contribution in [3.05, 3.63) is 24.3 Å². The van der Waals surface area contributed by atoms with E-state index in [1.807, 2.05) is 26.0 Å². The predicted molar refractivity (Wildman–Crippen MR) is 76.3 cm³/mol. The van der Waals surface area contributed by atoms with E-state index >= 15 is 0 Å². The Balaban J connectivity index is 1.89. The van der Waals surface area contributed by atoms with E-state index in [9.17, 15) is 0 Å². The SMILES string of the molecule is CC(C)Oc1ccc(NC2CCCN(C)C2)cc1. The largest absolute Gasteiger partial charge is 0.491 e. The summed E-state index contributed by atoms with van der Waals surface area (Å²) in [6.07, 6.45) is 2.77. The maximum absolute atomic E-state index is 5.64. The second-order valence-electron chi connectivity index (χ2n) is 5.44. The Kier molecular flexibility index (Phi) is 4.48. The molecule has 1 aromatic carbocycles. The lowest BCUT2D eigenvalue weighted by atomic mass is 10.1. The van der Waals surface area contributed by atoms with E-state index in [2.05, 4.69) is 29.4 Å². The van der Waals surface area contributed by atoms with Crippen LogP contribution in [0.2, 0.25) is 0 Å². The number of hydrogen-bond donors (Lipinski definition) is 1. The molecule has 2 rings (SSSR count). The number of piperidine rings is 1. The van der Waals surface area contributed by atoms with Crippen LogP contribution in [0.4, 0.5) is 5.69 Å². The molecular formula is C15H24N2O. The van der Waals surface area contributed by atoms with E-state index in [0.717, 1.165) is 12.3 Å². The van der Waals surface area contributed by atoms with E-state index in [4.69, 9.17) is 4.74 Å². The first-order chi connectivity index (χ1) is 8.63. The fourth-order valence-corrected chi connectivity index (χ4v) is 2.42. The smallest absolute Gasteiger partial charge is 0.119 e. The van der Waals surface area contributed by atoms with Gasteiger partial charge in [-0.25, -0.2) is 0 Å². The summed E-state index contributed by atoms with van der Waals surface area (Å²) < 4.78 is 5.64. The number of likely N-dealkylation sites (tertiary alicyclic amines) is 1. The minimum atomic E-state index is 0.232. The number of rotatable bonds is 4. The Bertz CT molecular complexity index is 361. The van der Waals surface area contributed by atoms with Gasteiger partial charge in [0.05, 0.1) is 6.10 Å². The van der Waals surface area contributed by atoms with Crippen LogP contribution in [0.25, 0.3) is 0 Å². The van der Waals surface area contributed by atoms with E-state index in [1.165, 1.54) is 25.1 Å². The van der Waals surface area contributed by atoms with E-state index < -0.39 is 0 Å². The Labute approximate surface area is 110 Å². The number of likely N-dealkylation sites (N-methyl/N-ethyl adjacent to an activating group) is 1. The van der Waals surface area contributed by atoms with Gasteiger partial charge in [0.1, 0.15) is 5.75 Å². The molecule has 0 amide bonds. The third kappa shape index (κ3) is 3.91. The molecule has 0 aromatic heterocycles. The summed E-state index contributed by atoms with van der Waals surface area (Å²) in [5.41, 5.74) is 1.19. The molecule has 1 aliphatic rings. The highest BCUT2D eigenvalue weighted by Crippen LogP contribution is 2.19. The normalized spacial score (nSPS) is 21.0. The predicted octanol–water partition coefficient (Wildman–Crippen LogP) is 2.98. The minimum Gasteiger partial charge on any atom is -0.491 e. The number of hydrogen-bond acceptors (Lipinski definition) is 3. The summed E-state index contributed by atoms with van der Waals surface area (Å²) in [6, 6.07) is 8.85. The van der Waals surface area contributed by atoms with Gasteiger partial charge in [-0.1, -0.05) is 0 Å². The molecule has 0 bridgehead atoms. The van der Waals surface area contributed by atoms with E-state index in [1.54, 1.807) is 0 Å². The summed E-state index contributed by atoms with van der Waals surface area (Å²) >= 11 is 0. The van der Waals surface area contributed by atoms with E-state index in [0.29, 0.717) is 6.04 Å². The van der Waals surface area contributed by atoms with Gasteiger partial charge in [-0.15, -0.1) is 0 Å². The third-order valence-electron chi connectivity index (χ3n) is 3.22. The molecule has 1 atom stereocenters. The molecule has 1 aromatic rings. The van der Waals surface area contributed by atoms with Crippen molar-refractivity contribution in [3.63, 3.8) is 0 Å². The average Bonchev–Trinajstić information content (AvgIpc) is 2.31. The van der Waals surface area contributed by atoms with Crippen LogP contribution in [0, 0.1) is 0 Å². The van der Waals surface area contributed by atoms with Crippen molar-refractivity contribution in [1.29, 1.82) is 0 Å². The van der Waals surface area contributed by atoms with Crippen molar-refractivity contribution in [2.24, 2.45) is 0 Å². The quantitative estimate of drug-likeness (QED) is 0.886. The van der Waals surface area contributed by atoms with Gasteiger partial charge in [-0.05, 0) is 64.5 Å². The molecule has 3 nitrogen and oxygen atoms in total. The average molecular weight is 248 g/mol. The van der Waals surface area contributed by atoms with Crippen LogP contribution < -0.4 is 10.1 Å². The Morgan fingerprint density at radius 1 is 1.28 bits per heavy atom. The summed E-state index contributed by atoms with van der Waals surface area (Å²) in [6.45, 7) is 6.44. The van der Waals surface area contributed by atoms with Crippen LogP contribution in [0.5, 0.6) is 5.75 Å². The molecule has 0 saturated carbocycles. The summed E-state index contributed by atoms with van der Waals surface area (Å²) in [5, 5.41) is 3.59. The molecule has 100 valence electrons. The lowest BCUT2D eigenvalue weighted by Crippen LogP contribution is -2.39. The van der Waals surface area contributed by atoms with Gasteiger partial charge in [-0.2, -0.15) is 0 Å². The fraction of sp³-hybridized carbons (Fsp3) is 0.600. The highest BCUT2D eigenvalue weighted by Gasteiger charge is 2.16. The van der Waals surface area contributed by atoms with Gasteiger partial charge in [0.2, 0.25) is 0 Å². The summed E-state index contributed by atoms with van der Waals surface area (Å²) in [4.78, 5) is 2.39. The molecule has 1 saturated heterocycles. The van der Waals surface area contributed by atoms with Gasteiger partial charge in [0.15, 0.2) is 0 Å². The maximum atomic E-state index is 5.64. The Morgan fingerprint density at radius 2 is 2.00 bits per heavy atom. The zero-order chi connectivity index (χ0) is 13.0. The highest BCUT2D eigenvalue weighted by atomic mass is 16.5. The van der Waals surface area contributed by atoms with Crippen LogP contribution >= 0.6 is 0 Å². The molecule has 0 radical (unpaired) electrons. The number of anilines is 1. The molecular weight excluding hydrogens is 224 g/mol. The van der Waals surface area contributed by atoms with Crippen LogP contribution in [0.1, 0.15) is 26.7 Å². The van der Waals surface area contributed by atoms with Crippen LogP contribution in [-0.2, 0) is 0 Å². The monoisotopic (exact) mass is 248 g/mol. The van der Waals surface area contributed by atoms with Crippen molar-refractivity contribution in [2.75, 3.05) is 25.5 Å². The maximum Gasteiger partial charge on any atom is 0.119 e. The summed E-state index contributed by atoms with van der Waals surface area (Å²) in [5.74, 6) is 0.941. The second-order valence-corrected chi connectivity index (χ2v) is 5.44. The van der Waals surface area contributed by atoms with Crippen LogP contribution in [0.3, 0.4) is 0 Å². The Hall–Kier alpha value is -1.22. The van der Waals surface area contributed by atoms with Gasteiger partial charge in [0.25, 0.3) is 0 Å². The number of benzene rings is 1.